The summed E-state index contributed by atoms with van der Waals surface area (Å²) in [6, 6.07) is 19.7. The number of anilines is 1. The van der Waals surface area contributed by atoms with E-state index >= 15 is 0 Å². The molecule has 3 aromatic carbocycles. The number of aryl methyl sites for hydroxylation is 1. The summed E-state index contributed by atoms with van der Waals surface area (Å²) in [5.41, 5.74) is 3.80. The van der Waals surface area contributed by atoms with Gasteiger partial charge in [-0.25, -0.2) is 0 Å². The van der Waals surface area contributed by atoms with Crippen molar-refractivity contribution in [2.24, 2.45) is 4.99 Å². The van der Waals surface area contributed by atoms with E-state index in [1.807, 2.05) is 54.0 Å². The lowest BCUT2D eigenvalue weighted by Gasteiger charge is -2.14. The third-order valence-electron chi connectivity index (χ3n) is 8.21. The molecule has 15 nitrogen and oxygen atoms in total. The van der Waals surface area contributed by atoms with Gasteiger partial charge in [0, 0.05) is 21.8 Å². The fourth-order valence-electron chi connectivity index (χ4n) is 5.56. The zero-order chi connectivity index (χ0) is 38.8. The summed E-state index contributed by atoms with van der Waals surface area (Å²) in [5.74, 6) is 1.42. The molecule has 0 spiro atoms. The normalized spacial score (nSPS) is 13.4. The predicted molar refractivity (Wildman–Crippen MR) is 204 cm³/mol. The van der Waals surface area contributed by atoms with Crippen molar-refractivity contribution < 1.29 is 47.9 Å². The van der Waals surface area contributed by atoms with Crippen LogP contribution in [0.15, 0.2) is 71.7 Å². The Kier molecular flexibility index (Phi) is 16.4. The van der Waals surface area contributed by atoms with Gasteiger partial charge in [-0.3, -0.25) is 19.1 Å². The van der Waals surface area contributed by atoms with Crippen LogP contribution >= 0.6 is 11.6 Å². The Morgan fingerprint density at radius 1 is 0.764 bits per heavy atom. The van der Waals surface area contributed by atoms with E-state index in [0.717, 1.165) is 16.8 Å². The molecule has 0 saturated heterocycles. The van der Waals surface area contributed by atoms with E-state index in [9.17, 15) is 9.59 Å². The van der Waals surface area contributed by atoms with Gasteiger partial charge in [-0.05, 0) is 61.5 Å². The molecule has 1 amide bonds. The molecule has 2 N–H and O–H groups in total. The average molecular weight is 780 g/mol. The van der Waals surface area contributed by atoms with Crippen LogP contribution in [0, 0.1) is 6.92 Å². The molecule has 5 rings (SSSR count). The van der Waals surface area contributed by atoms with Gasteiger partial charge in [0.25, 0.3) is 0 Å². The first-order valence-electron chi connectivity index (χ1n) is 17.9. The molecule has 1 aromatic heterocycles. The number of carboxylic acids is 1. The van der Waals surface area contributed by atoms with Gasteiger partial charge in [-0.2, -0.15) is 0 Å². The van der Waals surface area contributed by atoms with Crippen LogP contribution in [-0.4, -0.2) is 117 Å². The van der Waals surface area contributed by atoms with E-state index in [2.05, 4.69) is 15.5 Å². The van der Waals surface area contributed by atoms with E-state index in [4.69, 9.17) is 54.9 Å². The number of benzene rings is 3. The maximum atomic E-state index is 13.5. The van der Waals surface area contributed by atoms with Crippen molar-refractivity contribution in [3.8, 4) is 17.2 Å². The maximum Gasteiger partial charge on any atom is 0.305 e. The molecule has 16 heteroatoms. The molecule has 0 unspecified atom stereocenters. The van der Waals surface area contributed by atoms with Gasteiger partial charge in [-0.1, -0.05) is 23.7 Å². The monoisotopic (exact) mass is 779 g/mol. The van der Waals surface area contributed by atoms with Crippen LogP contribution in [0.4, 0.5) is 5.69 Å². The van der Waals surface area contributed by atoms with E-state index in [0.29, 0.717) is 106 Å². The first kappa shape index (κ1) is 41.3. The molecule has 0 aliphatic carbocycles. The summed E-state index contributed by atoms with van der Waals surface area (Å²) in [6.45, 7) is 6.08. The van der Waals surface area contributed by atoms with Crippen molar-refractivity contribution in [3.05, 3.63) is 94.5 Å². The molecule has 1 aliphatic heterocycles. The van der Waals surface area contributed by atoms with Crippen LogP contribution in [0.25, 0.3) is 5.69 Å². The molecule has 0 saturated carbocycles. The highest BCUT2D eigenvalue weighted by Gasteiger charge is 2.30. The van der Waals surface area contributed by atoms with Crippen molar-refractivity contribution in [1.82, 2.24) is 14.8 Å². The van der Waals surface area contributed by atoms with Crippen molar-refractivity contribution in [2.45, 2.75) is 25.8 Å². The molecule has 4 aromatic rings. The standard InChI is InChI=1S/C39H46ClN5O10/c1-27-43-44-39-34(42-38(28-3-5-29(40)6-4-28)33-25-32(49-2)11-12-35(33)45(27)39)26-36(46)41-30-7-9-31(10-8-30)55-24-23-54-22-21-53-20-19-52-18-17-51-16-15-50-14-13-37(47)48/h3-12,25,34H,13-24,26H2,1-2H3,(H,41,46)(H,47,48)/t34-/m1/s1. The molecule has 294 valence electrons. The third kappa shape index (κ3) is 12.8. The lowest BCUT2D eigenvalue weighted by molar-refractivity contribution is -0.138. The van der Waals surface area contributed by atoms with Crippen LogP contribution in [0.2, 0.25) is 5.02 Å². The van der Waals surface area contributed by atoms with E-state index < -0.39 is 12.0 Å². The average Bonchev–Trinajstić information content (AvgIpc) is 3.51. The highest BCUT2D eigenvalue weighted by Crippen LogP contribution is 2.34. The van der Waals surface area contributed by atoms with Gasteiger partial charge in [0.2, 0.25) is 5.91 Å². The number of hydrogen-bond acceptors (Lipinski definition) is 12. The fraction of sp³-hybridized carbons (Fsp3) is 0.410. The Hall–Kier alpha value is -4.90. The summed E-state index contributed by atoms with van der Waals surface area (Å²) in [4.78, 5) is 29.0. The molecule has 0 bridgehead atoms. The minimum Gasteiger partial charge on any atom is -0.497 e. The number of hydrogen-bond donors (Lipinski definition) is 2. The second-order valence-corrected chi connectivity index (χ2v) is 12.6. The van der Waals surface area contributed by atoms with Gasteiger partial charge >= 0.3 is 5.97 Å². The topological polar surface area (TPSA) is 174 Å². The van der Waals surface area contributed by atoms with Crippen molar-refractivity contribution >= 4 is 34.9 Å². The van der Waals surface area contributed by atoms with E-state index in [1.165, 1.54) is 0 Å². The fourth-order valence-corrected chi connectivity index (χ4v) is 5.68. The summed E-state index contributed by atoms with van der Waals surface area (Å²) in [6.07, 6.45) is 0.00793. The Morgan fingerprint density at radius 3 is 1.95 bits per heavy atom. The molecule has 55 heavy (non-hydrogen) atoms. The number of aromatic nitrogens is 3. The second-order valence-electron chi connectivity index (χ2n) is 12.2. The lowest BCUT2D eigenvalue weighted by atomic mass is 10.00. The van der Waals surface area contributed by atoms with Crippen LogP contribution in [-0.2, 0) is 33.3 Å². The molecule has 0 fully saturated rings. The second kappa shape index (κ2) is 21.9. The summed E-state index contributed by atoms with van der Waals surface area (Å²) >= 11 is 6.21. The highest BCUT2D eigenvalue weighted by molar-refractivity contribution is 6.30. The Labute approximate surface area is 324 Å². The number of ether oxygens (including phenoxy) is 7. The molecular weight excluding hydrogens is 734 g/mol. The minimum absolute atomic E-state index is 0.0176. The van der Waals surface area contributed by atoms with Gasteiger partial charge in [0.15, 0.2) is 5.82 Å². The van der Waals surface area contributed by atoms with Crippen LogP contribution < -0.4 is 14.8 Å². The first-order valence-corrected chi connectivity index (χ1v) is 18.3. The summed E-state index contributed by atoms with van der Waals surface area (Å²) in [5, 5.41) is 20.9. The van der Waals surface area contributed by atoms with Crippen LogP contribution in [0.1, 0.15) is 41.7 Å². The zero-order valence-electron chi connectivity index (χ0n) is 30.9. The maximum absolute atomic E-state index is 13.5. The molecule has 2 heterocycles. The van der Waals surface area contributed by atoms with E-state index in [1.54, 1.807) is 31.4 Å². The molecule has 0 radical (unpaired) electrons. The SMILES string of the molecule is COc1ccc2c(c1)C(c1ccc(Cl)cc1)=N[C@H](CC(=O)Nc1ccc(OCCOCCOCCOCCOCCOCCC(=O)O)cc1)c1nnc(C)n1-2. The number of aliphatic carboxylic acids is 1. The smallest absolute Gasteiger partial charge is 0.305 e. The third-order valence-corrected chi connectivity index (χ3v) is 8.46. The number of methoxy groups -OCH3 is 1. The van der Waals surface area contributed by atoms with Gasteiger partial charge < -0.3 is 43.6 Å². The number of aliphatic imine (C=N–C) groups is 1. The first-order chi connectivity index (χ1) is 26.8. The number of carbonyl (C=O) groups is 2. The summed E-state index contributed by atoms with van der Waals surface area (Å²) < 4.78 is 40.3. The number of nitrogens with one attached hydrogen (secondary N) is 1. The number of carbonyl (C=O) groups excluding carboxylic acids is 1. The molecule has 1 aliphatic rings. The van der Waals surface area contributed by atoms with Crippen molar-refractivity contribution in [3.63, 3.8) is 0 Å². The predicted octanol–water partition coefficient (Wildman–Crippen LogP) is 5.10. The molecule has 1 atom stereocenters. The number of halogens is 1. The van der Waals surface area contributed by atoms with Gasteiger partial charge in [0.1, 0.15) is 30.0 Å². The van der Waals surface area contributed by atoms with Gasteiger partial charge in [-0.15, -0.1) is 10.2 Å². The Bertz CT molecular complexity index is 1850. The van der Waals surface area contributed by atoms with Crippen LogP contribution in [0.3, 0.4) is 0 Å². The highest BCUT2D eigenvalue weighted by atomic mass is 35.5. The van der Waals surface area contributed by atoms with Crippen LogP contribution in [0.5, 0.6) is 11.5 Å². The largest absolute Gasteiger partial charge is 0.497 e. The van der Waals surface area contributed by atoms with Gasteiger partial charge in [0.05, 0.1) is 97.4 Å². The Morgan fingerprint density at radius 2 is 1.35 bits per heavy atom. The van der Waals surface area contributed by atoms with Crippen molar-refractivity contribution in [2.75, 3.05) is 85.1 Å². The van der Waals surface area contributed by atoms with Crippen molar-refractivity contribution in [1.29, 1.82) is 0 Å². The number of fused-ring (bicyclic) bond motifs is 3. The number of amides is 1. The number of nitrogens with zero attached hydrogens (tertiary/aromatic N) is 4. The zero-order valence-corrected chi connectivity index (χ0v) is 31.7. The Balaban J connectivity index is 1.02. The quantitative estimate of drug-likeness (QED) is 0.0903. The van der Waals surface area contributed by atoms with E-state index in [-0.39, 0.29) is 25.4 Å². The summed E-state index contributed by atoms with van der Waals surface area (Å²) in [7, 11) is 1.62. The lowest BCUT2D eigenvalue weighted by Crippen LogP contribution is -2.17. The molecular formula is C39H46ClN5O10. The minimum atomic E-state index is -0.886. The number of rotatable bonds is 24. The number of carboxylic acid groups (broad SMARTS) is 1.